The van der Waals surface area contributed by atoms with E-state index in [0.717, 1.165) is 24.9 Å². The molecule has 6 nitrogen and oxygen atoms in total. The molecule has 1 aromatic carbocycles. The van der Waals surface area contributed by atoms with Crippen molar-refractivity contribution in [3.8, 4) is 0 Å². The molecule has 1 aliphatic rings. The van der Waals surface area contributed by atoms with Crippen molar-refractivity contribution < 1.29 is 9.59 Å². The first kappa shape index (κ1) is 17.4. The van der Waals surface area contributed by atoms with Crippen LogP contribution in [0.25, 0.3) is 0 Å². The van der Waals surface area contributed by atoms with Crippen LogP contribution in [-0.2, 0) is 0 Å². The number of carbonyl (C=O) groups is 2. The van der Waals surface area contributed by atoms with Crippen molar-refractivity contribution in [1.29, 1.82) is 0 Å². The lowest BCUT2D eigenvalue weighted by Crippen LogP contribution is -2.48. The van der Waals surface area contributed by atoms with Crippen LogP contribution in [0.4, 0.5) is 9.59 Å². The Morgan fingerprint density at radius 1 is 1.48 bits per heavy atom. The molecule has 1 heterocycles. The fourth-order valence-corrected chi connectivity index (χ4v) is 3.00. The zero-order valence-corrected chi connectivity index (χ0v) is 14.0. The molecule has 0 radical (unpaired) electrons. The van der Waals surface area contributed by atoms with Crippen LogP contribution in [0.1, 0.15) is 31.4 Å². The summed E-state index contributed by atoms with van der Waals surface area (Å²) in [5.74, 6) is 0.239. The van der Waals surface area contributed by atoms with Gasteiger partial charge < -0.3 is 21.3 Å². The van der Waals surface area contributed by atoms with E-state index >= 15 is 0 Å². The molecular formula is C16H23ClN4O2. The van der Waals surface area contributed by atoms with E-state index in [9.17, 15) is 9.59 Å². The van der Waals surface area contributed by atoms with Gasteiger partial charge in [-0.2, -0.15) is 0 Å². The van der Waals surface area contributed by atoms with Gasteiger partial charge in [-0.15, -0.1) is 0 Å². The Morgan fingerprint density at radius 3 is 2.96 bits per heavy atom. The van der Waals surface area contributed by atoms with Gasteiger partial charge in [-0.3, -0.25) is 0 Å². The molecule has 23 heavy (non-hydrogen) atoms. The summed E-state index contributed by atoms with van der Waals surface area (Å²) >= 11 is 5.99. The van der Waals surface area contributed by atoms with E-state index in [-0.39, 0.29) is 18.0 Å². The number of rotatable bonds is 4. The van der Waals surface area contributed by atoms with Crippen molar-refractivity contribution in [2.24, 2.45) is 11.7 Å². The fourth-order valence-electron chi connectivity index (χ4n) is 2.80. The Morgan fingerprint density at radius 2 is 2.26 bits per heavy atom. The SMILES string of the molecule is C[C@H](NC(=O)N1CCC[C@@H](CNC(N)=O)C1)c1cccc(Cl)c1. The first-order valence-electron chi connectivity index (χ1n) is 7.80. The molecule has 1 aliphatic heterocycles. The van der Waals surface area contributed by atoms with E-state index in [1.54, 1.807) is 11.0 Å². The molecule has 0 saturated carbocycles. The molecule has 4 N–H and O–H groups in total. The van der Waals surface area contributed by atoms with Crippen molar-refractivity contribution in [2.75, 3.05) is 19.6 Å². The van der Waals surface area contributed by atoms with Crippen LogP contribution in [0.2, 0.25) is 5.02 Å². The lowest BCUT2D eigenvalue weighted by Gasteiger charge is -2.33. The third-order valence-electron chi connectivity index (χ3n) is 4.06. The molecule has 7 heteroatoms. The van der Waals surface area contributed by atoms with Crippen LogP contribution < -0.4 is 16.4 Å². The van der Waals surface area contributed by atoms with Gasteiger partial charge in [0.1, 0.15) is 0 Å². The third kappa shape index (κ3) is 5.32. The number of halogens is 1. The molecule has 4 amide bonds. The van der Waals surface area contributed by atoms with Crippen molar-refractivity contribution in [3.63, 3.8) is 0 Å². The van der Waals surface area contributed by atoms with Gasteiger partial charge in [0.25, 0.3) is 0 Å². The topological polar surface area (TPSA) is 87.5 Å². The number of nitrogens with one attached hydrogen (secondary N) is 2. The first-order chi connectivity index (χ1) is 11.0. The number of piperidine rings is 1. The minimum absolute atomic E-state index is 0.0961. The Hall–Kier alpha value is -1.95. The molecule has 1 fully saturated rings. The number of carbonyl (C=O) groups excluding carboxylic acids is 2. The predicted octanol–water partition coefficient (Wildman–Crippen LogP) is 2.49. The van der Waals surface area contributed by atoms with Crippen LogP contribution >= 0.6 is 11.6 Å². The molecule has 1 saturated heterocycles. The van der Waals surface area contributed by atoms with Gasteiger partial charge in [0.05, 0.1) is 6.04 Å². The normalized spacial score (nSPS) is 19.0. The summed E-state index contributed by atoms with van der Waals surface area (Å²) in [7, 11) is 0. The van der Waals surface area contributed by atoms with Gasteiger partial charge in [-0.1, -0.05) is 23.7 Å². The van der Waals surface area contributed by atoms with Crippen LogP contribution in [0.5, 0.6) is 0 Å². The number of hydrogen-bond acceptors (Lipinski definition) is 2. The number of likely N-dealkylation sites (tertiary alicyclic amines) is 1. The molecular weight excluding hydrogens is 316 g/mol. The summed E-state index contributed by atoms with van der Waals surface area (Å²) in [5.41, 5.74) is 6.06. The highest BCUT2D eigenvalue weighted by Crippen LogP contribution is 2.19. The minimum atomic E-state index is -0.527. The lowest BCUT2D eigenvalue weighted by atomic mass is 9.98. The maximum absolute atomic E-state index is 12.4. The Balaban J connectivity index is 1.88. The van der Waals surface area contributed by atoms with E-state index in [1.165, 1.54) is 0 Å². The average Bonchev–Trinajstić information content (AvgIpc) is 2.53. The number of nitrogens with zero attached hydrogens (tertiary/aromatic N) is 1. The van der Waals surface area contributed by atoms with Crippen molar-refractivity contribution >= 4 is 23.7 Å². The zero-order chi connectivity index (χ0) is 16.8. The maximum Gasteiger partial charge on any atom is 0.317 e. The van der Waals surface area contributed by atoms with Gasteiger partial charge in [0.2, 0.25) is 0 Å². The van der Waals surface area contributed by atoms with E-state index < -0.39 is 6.03 Å². The monoisotopic (exact) mass is 338 g/mol. The lowest BCUT2D eigenvalue weighted by molar-refractivity contribution is 0.162. The quantitative estimate of drug-likeness (QED) is 0.787. The molecule has 1 aromatic rings. The summed E-state index contributed by atoms with van der Waals surface area (Å²) in [6.07, 6.45) is 1.90. The number of urea groups is 2. The number of hydrogen-bond donors (Lipinski definition) is 3. The third-order valence-corrected chi connectivity index (χ3v) is 4.29. The van der Waals surface area contributed by atoms with Crippen LogP contribution in [0.15, 0.2) is 24.3 Å². The Bertz CT molecular complexity index is 567. The van der Waals surface area contributed by atoms with Gasteiger partial charge in [0.15, 0.2) is 0 Å². The number of benzene rings is 1. The molecule has 126 valence electrons. The minimum Gasteiger partial charge on any atom is -0.352 e. The molecule has 0 bridgehead atoms. The van der Waals surface area contributed by atoms with Crippen LogP contribution in [-0.4, -0.2) is 36.6 Å². The fraction of sp³-hybridized carbons (Fsp3) is 0.500. The summed E-state index contributed by atoms with van der Waals surface area (Å²) in [6.45, 7) is 3.78. The van der Waals surface area contributed by atoms with Crippen molar-refractivity contribution in [3.05, 3.63) is 34.9 Å². The molecule has 0 aliphatic carbocycles. The highest BCUT2D eigenvalue weighted by molar-refractivity contribution is 6.30. The van der Waals surface area contributed by atoms with E-state index in [2.05, 4.69) is 10.6 Å². The number of amides is 4. The summed E-state index contributed by atoms with van der Waals surface area (Å²) in [5, 5.41) is 6.26. The second-order valence-electron chi connectivity index (χ2n) is 5.93. The van der Waals surface area contributed by atoms with E-state index in [0.29, 0.717) is 18.1 Å². The highest BCUT2D eigenvalue weighted by atomic mass is 35.5. The van der Waals surface area contributed by atoms with Gasteiger partial charge in [-0.25, -0.2) is 9.59 Å². The largest absolute Gasteiger partial charge is 0.352 e. The second-order valence-corrected chi connectivity index (χ2v) is 6.36. The Labute approximate surface area is 141 Å². The summed E-state index contributed by atoms with van der Waals surface area (Å²) < 4.78 is 0. The van der Waals surface area contributed by atoms with Crippen molar-refractivity contribution in [1.82, 2.24) is 15.5 Å². The van der Waals surface area contributed by atoms with Crippen LogP contribution in [0, 0.1) is 5.92 Å². The van der Waals surface area contributed by atoms with Gasteiger partial charge >= 0.3 is 12.1 Å². The van der Waals surface area contributed by atoms with Gasteiger partial charge in [0, 0.05) is 24.7 Å². The first-order valence-corrected chi connectivity index (χ1v) is 8.17. The maximum atomic E-state index is 12.4. The van der Waals surface area contributed by atoms with E-state index in [1.807, 2.05) is 25.1 Å². The van der Waals surface area contributed by atoms with Crippen molar-refractivity contribution in [2.45, 2.75) is 25.8 Å². The number of primary amides is 1. The summed E-state index contributed by atoms with van der Waals surface area (Å²) in [6, 6.07) is 6.72. The molecule has 0 unspecified atom stereocenters. The Kier molecular flexibility index (Phi) is 6.10. The zero-order valence-electron chi connectivity index (χ0n) is 13.2. The van der Waals surface area contributed by atoms with Gasteiger partial charge in [-0.05, 0) is 43.4 Å². The average molecular weight is 339 g/mol. The predicted molar refractivity (Wildman–Crippen MR) is 90.3 cm³/mol. The van der Waals surface area contributed by atoms with Crippen LogP contribution in [0.3, 0.4) is 0 Å². The number of nitrogens with two attached hydrogens (primary N) is 1. The second kappa shape index (κ2) is 8.06. The molecule has 2 rings (SSSR count). The highest BCUT2D eigenvalue weighted by Gasteiger charge is 2.24. The summed E-state index contributed by atoms with van der Waals surface area (Å²) in [4.78, 5) is 25.0. The molecule has 2 atom stereocenters. The van der Waals surface area contributed by atoms with E-state index in [4.69, 9.17) is 17.3 Å². The smallest absolute Gasteiger partial charge is 0.317 e. The molecule has 0 spiro atoms. The molecule has 0 aromatic heterocycles. The standard InChI is InChI=1S/C16H23ClN4O2/c1-11(13-5-2-6-14(17)8-13)20-16(23)21-7-3-4-12(10-21)9-19-15(18)22/h2,5-6,8,11-12H,3-4,7,9-10H2,1H3,(H,20,23)(H3,18,19,22)/t11-,12-/m0/s1.